The maximum Gasteiger partial charge on any atom is 0.305 e. The molecule has 2 nitrogen and oxygen atoms in total. The predicted molar refractivity (Wildman–Crippen MR) is 230 cm³/mol. The molecule has 0 amide bonds. The van der Waals surface area contributed by atoms with Crippen molar-refractivity contribution in [2.45, 2.75) is 303 Å². The Labute approximate surface area is 324 Å². The van der Waals surface area contributed by atoms with Gasteiger partial charge in [-0.15, -0.1) is 0 Å². The maximum absolute atomic E-state index is 11.9. The Morgan fingerprint density at radius 1 is 0.255 bits per heavy atom. The summed E-state index contributed by atoms with van der Waals surface area (Å²) in [5.41, 5.74) is 0. The van der Waals surface area contributed by atoms with E-state index in [1.54, 1.807) is 0 Å². The Balaban J connectivity index is 3.10. The number of rotatable bonds is 46. The minimum absolute atomic E-state index is 0.0270. The summed E-state index contributed by atoms with van der Waals surface area (Å²) in [6.45, 7) is 5.21. The third kappa shape index (κ3) is 47.4. The smallest absolute Gasteiger partial charge is 0.305 e. The van der Waals surface area contributed by atoms with Crippen molar-refractivity contribution in [2.24, 2.45) is 0 Å². The van der Waals surface area contributed by atoms with Gasteiger partial charge in [0.1, 0.15) is 0 Å². The van der Waals surface area contributed by atoms with Crippen molar-refractivity contribution < 1.29 is 9.53 Å². The van der Waals surface area contributed by atoms with E-state index in [1.807, 2.05) is 0 Å². The molecular weight excluding hydrogens is 621 g/mol. The van der Waals surface area contributed by atoms with E-state index in [4.69, 9.17) is 4.74 Å². The van der Waals surface area contributed by atoms with E-state index in [0.717, 1.165) is 12.8 Å². The fraction of sp³-hybridized carbons (Fsp3) is 0.980. The van der Waals surface area contributed by atoms with E-state index in [1.165, 1.54) is 270 Å². The van der Waals surface area contributed by atoms with Crippen LogP contribution in [0.3, 0.4) is 0 Å². The lowest BCUT2D eigenvalue weighted by Crippen LogP contribution is -2.05. The fourth-order valence-corrected chi connectivity index (χ4v) is 7.85. The van der Waals surface area contributed by atoms with Crippen LogP contribution < -0.4 is 0 Å². The molecule has 0 radical (unpaired) electrons. The Morgan fingerprint density at radius 3 is 0.647 bits per heavy atom. The van der Waals surface area contributed by atoms with E-state index < -0.39 is 0 Å². The van der Waals surface area contributed by atoms with Crippen molar-refractivity contribution in [1.82, 2.24) is 0 Å². The van der Waals surface area contributed by atoms with Crippen molar-refractivity contribution >= 4 is 5.97 Å². The van der Waals surface area contributed by atoms with Gasteiger partial charge in [-0.05, 0) is 12.8 Å². The molecule has 0 spiro atoms. The van der Waals surface area contributed by atoms with Gasteiger partial charge in [-0.3, -0.25) is 4.79 Å². The molecule has 306 valence electrons. The lowest BCUT2D eigenvalue weighted by Gasteiger charge is -2.06. The Hall–Kier alpha value is -0.530. The largest absolute Gasteiger partial charge is 0.466 e. The summed E-state index contributed by atoms with van der Waals surface area (Å²) in [5.74, 6) is 0.0270. The van der Waals surface area contributed by atoms with Gasteiger partial charge in [0.2, 0.25) is 0 Å². The highest BCUT2D eigenvalue weighted by molar-refractivity contribution is 5.69. The molecule has 0 saturated carbocycles. The van der Waals surface area contributed by atoms with Crippen LogP contribution in [-0.4, -0.2) is 12.6 Å². The third-order valence-electron chi connectivity index (χ3n) is 11.5. The molecule has 0 aliphatic carbocycles. The van der Waals surface area contributed by atoms with Gasteiger partial charge in [-0.2, -0.15) is 0 Å². The van der Waals surface area contributed by atoms with Crippen molar-refractivity contribution in [3.05, 3.63) is 0 Å². The van der Waals surface area contributed by atoms with Gasteiger partial charge in [0, 0.05) is 6.42 Å². The fourth-order valence-electron chi connectivity index (χ4n) is 7.85. The van der Waals surface area contributed by atoms with Crippen LogP contribution in [0, 0.1) is 0 Å². The predicted octanol–water partition coefficient (Wildman–Crippen LogP) is 18.1. The number of hydrogen-bond donors (Lipinski definition) is 0. The lowest BCUT2D eigenvalue weighted by molar-refractivity contribution is -0.143. The number of unbranched alkanes of at least 4 members (excludes halogenated alkanes) is 42. The zero-order valence-corrected chi connectivity index (χ0v) is 35.8. The van der Waals surface area contributed by atoms with Gasteiger partial charge < -0.3 is 4.74 Å². The number of hydrogen-bond acceptors (Lipinski definition) is 2. The van der Waals surface area contributed by atoms with Gasteiger partial charge in [0.15, 0.2) is 0 Å². The monoisotopic (exact) mass is 719 g/mol. The van der Waals surface area contributed by atoms with Crippen LogP contribution in [0.2, 0.25) is 0 Å². The lowest BCUT2D eigenvalue weighted by atomic mass is 10.0. The minimum Gasteiger partial charge on any atom is -0.466 e. The molecule has 51 heavy (non-hydrogen) atoms. The van der Waals surface area contributed by atoms with Crippen LogP contribution >= 0.6 is 0 Å². The number of ether oxygens (including phenoxy) is 1. The minimum atomic E-state index is 0.0270. The second-order valence-corrected chi connectivity index (χ2v) is 16.8. The first-order valence-electron chi connectivity index (χ1n) is 24.5. The molecule has 0 aromatic carbocycles. The third-order valence-corrected chi connectivity index (χ3v) is 11.5. The molecule has 0 aliphatic heterocycles. The van der Waals surface area contributed by atoms with Gasteiger partial charge >= 0.3 is 5.97 Å². The number of carbonyl (C=O) groups is 1. The summed E-state index contributed by atoms with van der Waals surface area (Å²) in [6, 6.07) is 0. The van der Waals surface area contributed by atoms with Crippen LogP contribution in [0.5, 0.6) is 0 Å². The quantitative estimate of drug-likeness (QED) is 0.0463. The van der Waals surface area contributed by atoms with E-state index in [-0.39, 0.29) is 5.97 Å². The molecule has 0 bridgehead atoms. The van der Waals surface area contributed by atoms with Gasteiger partial charge in [-0.1, -0.05) is 284 Å². The van der Waals surface area contributed by atoms with Crippen molar-refractivity contribution in [3.63, 3.8) is 0 Å². The molecule has 0 fully saturated rings. The standard InChI is InChI=1S/C49H98O2/c1-3-5-7-9-11-13-14-15-16-17-18-19-20-21-22-23-24-25-26-27-28-29-30-31-32-33-34-35-36-37-38-40-42-44-46-48-51-49(50)47-45-43-41-39-12-10-8-6-4-2/h3-48H2,1-2H3. The Bertz CT molecular complexity index is 615. The second-order valence-electron chi connectivity index (χ2n) is 16.8. The summed E-state index contributed by atoms with van der Waals surface area (Å²) in [6.07, 6.45) is 62.6. The molecule has 0 saturated heterocycles. The number of esters is 1. The second kappa shape index (κ2) is 47.5. The van der Waals surface area contributed by atoms with E-state index in [2.05, 4.69) is 13.8 Å². The van der Waals surface area contributed by atoms with Crippen molar-refractivity contribution in [1.29, 1.82) is 0 Å². The normalized spacial score (nSPS) is 11.5. The SMILES string of the molecule is CCCCCCCCCCCCCCCCCCCCCCCCCCCCCCCCCCCCCOC(=O)CCCCCCCCCCC. The molecule has 0 N–H and O–H groups in total. The molecule has 0 aromatic heterocycles. The topological polar surface area (TPSA) is 26.3 Å². The van der Waals surface area contributed by atoms with Crippen LogP contribution in [-0.2, 0) is 9.53 Å². The first-order valence-corrected chi connectivity index (χ1v) is 24.5. The van der Waals surface area contributed by atoms with E-state index >= 15 is 0 Å². The van der Waals surface area contributed by atoms with E-state index in [0.29, 0.717) is 13.0 Å². The van der Waals surface area contributed by atoms with Crippen LogP contribution in [0.4, 0.5) is 0 Å². The maximum atomic E-state index is 11.9. The van der Waals surface area contributed by atoms with Gasteiger partial charge in [0.25, 0.3) is 0 Å². The molecule has 2 heteroatoms. The molecule has 0 rings (SSSR count). The van der Waals surface area contributed by atoms with Crippen LogP contribution in [0.1, 0.15) is 303 Å². The molecule has 0 atom stereocenters. The number of carbonyl (C=O) groups excluding carboxylic acids is 1. The highest BCUT2D eigenvalue weighted by atomic mass is 16.5. The summed E-state index contributed by atoms with van der Waals surface area (Å²) in [4.78, 5) is 11.9. The summed E-state index contributed by atoms with van der Waals surface area (Å²) in [5, 5.41) is 0. The van der Waals surface area contributed by atoms with Crippen molar-refractivity contribution in [2.75, 3.05) is 6.61 Å². The Morgan fingerprint density at radius 2 is 0.431 bits per heavy atom. The highest BCUT2D eigenvalue weighted by Crippen LogP contribution is 2.17. The average Bonchev–Trinajstić information content (AvgIpc) is 3.14. The zero-order chi connectivity index (χ0) is 36.8. The highest BCUT2D eigenvalue weighted by Gasteiger charge is 2.03. The van der Waals surface area contributed by atoms with Gasteiger partial charge in [0.05, 0.1) is 6.61 Å². The van der Waals surface area contributed by atoms with E-state index in [9.17, 15) is 4.79 Å². The molecule has 0 aromatic rings. The van der Waals surface area contributed by atoms with Crippen LogP contribution in [0.15, 0.2) is 0 Å². The van der Waals surface area contributed by atoms with Gasteiger partial charge in [-0.25, -0.2) is 0 Å². The molecular formula is C49H98O2. The average molecular weight is 719 g/mol. The summed E-state index contributed by atoms with van der Waals surface area (Å²) in [7, 11) is 0. The zero-order valence-electron chi connectivity index (χ0n) is 35.8. The first kappa shape index (κ1) is 50.5. The molecule has 0 unspecified atom stereocenters. The summed E-state index contributed by atoms with van der Waals surface area (Å²) >= 11 is 0. The van der Waals surface area contributed by atoms with Crippen LogP contribution in [0.25, 0.3) is 0 Å². The Kier molecular flexibility index (Phi) is 47.0. The first-order chi connectivity index (χ1) is 25.3. The molecule has 0 aliphatic rings. The van der Waals surface area contributed by atoms with Crippen molar-refractivity contribution in [3.8, 4) is 0 Å². The summed E-state index contributed by atoms with van der Waals surface area (Å²) < 4.78 is 5.45. The molecule has 0 heterocycles.